The molecular formula is C24H28N6O2S. The molecule has 172 valence electrons. The number of aromatic nitrogens is 3. The minimum atomic E-state index is -0.103. The molecule has 2 aromatic heterocycles. The molecule has 0 atom stereocenters. The number of amides is 2. The lowest BCUT2D eigenvalue weighted by molar-refractivity contribution is -0.135. The van der Waals surface area contributed by atoms with Gasteiger partial charge in [0.2, 0.25) is 11.8 Å². The molecule has 0 spiro atoms. The summed E-state index contributed by atoms with van der Waals surface area (Å²) in [6.45, 7) is 5.77. The maximum atomic E-state index is 12.9. The summed E-state index contributed by atoms with van der Waals surface area (Å²) in [6.07, 6.45) is 5.51. The van der Waals surface area contributed by atoms with Crippen LogP contribution in [0.25, 0.3) is 21.3 Å². The SMILES string of the molecule is Cc1nnc(-c2ccc3cnc(NC(=O)C4CCN(C(=O)CN5CCCC5)CC4)cc3c2)s1. The minimum absolute atomic E-state index is 0.0237. The van der Waals surface area contributed by atoms with Crippen LogP contribution < -0.4 is 5.32 Å². The van der Waals surface area contributed by atoms with Crippen LogP contribution >= 0.6 is 11.3 Å². The zero-order valence-electron chi connectivity index (χ0n) is 18.8. The van der Waals surface area contributed by atoms with E-state index in [1.54, 1.807) is 17.5 Å². The molecule has 0 saturated carbocycles. The van der Waals surface area contributed by atoms with E-state index in [1.165, 1.54) is 12.8 Å². The Morgan fingerprint density at radius 2 is 1.85 bits per heavy atom. The number of anilines is 1. The van der Waals surface area contributed by atoms with Crippen LogP contribution in [-0.2, 0) is 9.59 Å². The van der Waals surface area contributed by atoms with Crippen LogP contribution in [0.15, 0.2) is 30.5 Å². The average molecular weight is 465 g/mol. The van der Waals surface area contributed by atoms with Gasteiger partial charge in [-0.2, -0.15) is 0 Å². The van der Waals surface area contributed by atoms with Crippen LogP contribution in [-0.4, -0.2) is 69.5 Å². The van der Waals surface area contributed by atoms with Crippen molar-refractivity contribution in [1.82, 2.24) is 25.0 Å². The van der Waals surface area contributed by atoms with Gasteiger partial charge in [0.25, 0.3) is 0 Å². The largest absolute Gasteiger partial charge is 0.342 e. The predicted molar refractivity (Wildman–Crippen MR) is 129 cm³/mol. The summed E-state index contributed by atoms with van der Waals surface area (Å²) in [5.74, 6) is 0.609. The lowest BCUT2D eigenvalue weighted by Crippen LogP contribution is -2.45. The number of likely N-dealkylation sites (tertiary alicyclic amines) is 2. The first-order valence-electron chi connectivity index (χ1n) is 11.6. The van der Waals surface area contributed by atoms with Gasteiger partial charge in [-0.05, 0) is 63.2 Å². The molecule has 0 aliphatic carbocycles. The molecule has 0 radical (unpaired) electrons. The van der Waals surface area contributed by atoms with Crippen LogP contribution in [0.4, 0.5) is 5.82 Å². The van der Waals surface area contributed by atoms with Gasteiger partial charge in [-0.1, -0.05) is 23.5 Å². The first-order valence-corrected chi connectivity index (χ1v) is 12.4. The summed E-state index contributed by atoms with van der Waals surface area (Å²) in [7, 11) is 0. The summed E-state index contributed by atoms with van der Waals surface area (Å²) in [5.41, 5.74) is 1.00. The lowest BCUT2D eigenvalue weighted by Gasteiger charge is -2.32. The second kappa shape index (κ2) is 9.52. The van der Waals surface area contributed by atoms with E-state index in [0.717, 1.165) is 39.4 Å². The Hall–Kier alpha value is -2.91. The quantitative estimate of drug-likeness (QED) is 0.623. The Kier molecular flexibility index (Phi) is 6.32. The van der Waals surface area contributed by atoms with Gasteiger partial charge in [0.1, 0.15) is 15.8 Å². The van der Waals surface area contributed by atoms with E-state index in [-0.39, 0.29) is 17.7 Å². The van der Waals surface area contributed by atoms with E-state index < -0.39 is 0 Å². The number of benzene rings is 1. The highest BCUT2D eigenvalue weighted by Gasteiger charge is 2.28. The van der Waals surface area contributed by atoms with Crippen molar-refractivity contribution in [3.63, 3.8) is 0 Å². The van der Waals surface area contributed by atoms with Crippen molar-refractivity contribution in [1.29, 1.82) is 0 Å². The summed E-state index contributed by atoms with van der Waals surface area (Å²) in [6, 6.07) is 7.98. The molecule has 2 fully saturated rings. The number of piperidine rings is 1. The third kappa shape index (κ3) is 5.04. The van der Waals surface area contributed by atoms with E-state index in [1.807, 2.05) is 30.0 Å². The third-order valence-corrected chi connectivity index (χ3v) is 7.41. The molecule has 4 heterocycles. The van der Waals surface area contributed by atoms with Crippen molar-refractivity contribution in [2.45, 2.75) is 32.6 Å². The summed E-state index contributed by atoms with van der Waals surface area (Å²) in [5, 5.41) is 15.1. The van der Waals surface area contributed by atoms with Crippen molar-refractivity contribution in [3.8, 4) is 10.6 Å². The highest BCUT2D eigenvalue weighted by Crippen LogP contribution is 2.28. The number of nitrogens with one attached hydrogen (secondary N) is 1. The van der Waals surface area contributed by atoms with Crippen molar-refractivity contribution in [2.24, 2.45) is 5.92 Å². The summed E-state index contributed by atoms with van der Waals surface area (Å²) < 4.78 is 0. The number of fused-ring (bicyclic) bond motifs is 1. The maximum absolute atomic E-state index is 12.9. The molecule has 1 aromatic carbocycles. The zero-order chi connectivity index (χ0) is 22.8. The van der Waals surface area contributed by atoms with Gasteiger partial charge < -0.3 is 10.2 Å². The molecular weight excluding hydrogens is 436 g/mol. The van der Waals surface area contributed by atoms with E-state index in [0.29, 0.717) is 38.3 Å². The topological polar surface area (TPSA) is 91.3 Å². The Balaban J connectivity index is 1.19. The zero-order valence-corrected chi connectivity index (χ0v) is 19.6. The number of carbonyl (C=O) groups is 2. The first kappa shape index (κ1) is 21.9. The van der Waals surface area contributed by atoms with Crippen molar-refractivity contribution >= 4 is 39.7 Å². The van der Waals surface area contributed by atoms with Gasteiger partial charge in [-0.25, -0.2) is 4.98 Å². The molecule has 9 heteroatoms. The van der Waals surface area contributed by atoms with E-state index in [2.05, 4.69) is 31.5 Å². The Labute approximate surface area is 197 Å². The Morgan fingerprint density at radius 3 is 2.58 bits per heavy atom. The van der Waals surface area contributed by atoms with Crippen molar-refractivity contribution in [2.75, 3.05) is 38.0 Å². The number of rotatable bonds is 5. The Morgan fingerprint density at radius 1 is 1.06 bits per heavy atom. The number of pyridine rings is 1. The van der Waals surface area contributed by atoms with Gasteiger partial charge in [-0.3, -0.25) is 14.5 Å². The number of nitrogens with zero attached hydrogens (tertiary/aromatic N) is 5. The van der Waals surface area contributed by atoms with E-state index in [9.17, 15) is 9.59 Å². The highest BCUT2D eigenvalue weighted by molar-refractivity contribution is 7.14. The fourth-order valence-electron chi connectivity index (χ4n) is 4.61. The van der Waals surface area contributed by atoms with Crippen LogP contribution in [0.3, 0.4) is 0 Å². The number of hydrogen-bond donors (Lipinski definition) is 1. The molecule has 2 aliphatic heterocycles. The predicted octanol–water partition coefficient (Wildman–Crippen LogP) is 3.33. The van der Waals surface area contributed by atoms with Gasteiger partial charge in [0, 0.05) is 36.2 Å². The van der Waals surface area contributed by atoms with E-state index >= 15 is 0 Å². The molecule has 1 N–H and O–H groups in total. The average Bonchev–Trinajstić information content (AvgIpc) is 3.50. The molecule has 0 unspecified atom stereocenters. The van der Waals surface area contributed by atoms with Crippen LogP contribution in [0.5, 0.6) is 0 Å². The number of aryl methyl sites for hydroxylation is 1. The number of carbonyl (C=O) groups excluding carboxylic acids is 2. The van der Waals surface area contributed by atoms with E-state index in [4.69, 9.17) is 0 Å². The van der Waals surface area contributed by atoms with Crippen LogP contribution in [0.1, 0.15) is 30.7 Å². The molecule has 5 rings (SSSR count). The highest BCUT2D eigenvalue weighted by atomic mass is 32.1. The minimum Gasteiger partial charge on any atom is -0.342 e. The fraction of sp³-hybridized carbons (Fsp3) is 0.458. The van der Waals surface area contributed by atoms with Crippen LogP contribution in [0, 0.1) is 12.8 Å². The summed E-state index contributed by atoms with van der Waals surface area (Å²) in [4.78, 5) is 34.0. The first-order chi connectivity index (χ1) is 16.0. The monoisotopic (exact) mass is 464 g/mol. The second-order valence-electron chi connectivity index (χ2n) is 8.89. The third-order valence-electron chi connectivity index (χ3n) is 6.52. The van der Waals surface area contributed by atoms with Gasteiger partial charge in [0.05, 0.1) is 6.54 Å². The smallest absolute Gasteiger partial charge is 0.236 e. The summed E-state index contributed by atoms with van der Waals surface area (Å²) >= 11 is 1.56. The maximum Gasteiger partial charge on any atom is 0.236 e. The molecule has 2 aliphatic rings. The van der Waals surface area contributed by atoms with Gasteiger partial charge in [-0.15, -0.1) is 10.2 Å². The normalized spacial score (nSPS) is 17.5. The number of hydrogen-bond acceptors (Lipinski definition) is 7. The fourth-order valence-corrected chi connectivity index (χ4v) is 5.29. The molecule has 2 saturated heterocycles. The van der Waals surface area contributed by atoms with Crippen molar-refractivity contribution < 1.29 is 9.59 Å². The standard InChI is InChI=1S/C24H28N6O2S/c1-16-27-28-24(33-16)18-4-5-19-14-25-21(13-20(19)12-18)26-23(32)17-6-10-30(11-7-17)22(31)15-29-8-2-3-9-29/h4-5,12-14,17H,2-3,6-11,15H2,1H3,(H,25,26,32). The van der Waals surface area contributed by atoms with Gasteiger partial charge in [0.15, 0.2) is 0 Å². The molecule has 3 aromatic rings. The second-order valence-corrected chi connectivity index (χ2v) is 10.1. The Bertz CT molecular complexity index is 1160. The van der Waals surface area contributed by atoms with Crippen LogP contribution in [0.2, 0.25) is 0 Å². The lowest BCUT2D eigenvalue weighted by atomic mass is 9.96. The van der Waals surface area contributed by atoms with Crippen molar-refractivity contribution in [3.05, 3.63) is 35.5 Å². The molecule has 8 nitrogen and oxygen atoms in total. The van der Waals surface area contributed by atoms with Gasteiger partial charge >= 0.3 is 0 Å². The molecule has 33 heavy (non-hydrogen) atoms. The molecule has 2 amide bonds. The molecule has 0 bridgehead atoms.